The molecule has 7 heteroatoms. The van der Waals surface area contributed by atoms with Gasteiger partial charge < -0.3 is 0 Å². The highest BCUT2D eigenvalue weighted by Crippen LogP contribution is 2.30. The lowest BCUT2D eigenvalue weighted by Crippen LogP contribution is -2.14. The number of fused-ring (bicyclic) bond motifs is 1. The van der Waals surface area contributed by atoms with Crippen LogP contribution in [-0.2, 0) is 10.0 Å². The van der Waals surface area contributed by atoms with Gasteiger partial charge in [-0.3, -0.25) is 0 Å². The largest absolute Gasteiger partial charge is 0.269 e. The van der Waals surface area contributed by atoms with E-state index in [0.29, 0.717) is 16.1 Å². The van der Waals surface area contributed by atoms with Crippen LogP contribution >= 0.6 is 23.2 Å². The molecule has 0 fully saturated rings. The van der Waals surface area contributed by atoms with Gasteiger partial charge in [-0.15, -0.1) is 0 Å². The fourth-order valence-corrected chi connectivity index (χ4v) is 4.20. The SMILES string of the molecule is Cc1cc2c(Cl)cc(Cl)nc2n1S(=O)(=O)c1ccccc1. The average molecular weight is 341 g/mol. The van der Waals surface area contributed by atoms with Gasteiger partial charge in [0.2, 0.25) is 0 Å². The summed E-state index contributed by atoms with van der Waals surface area (Å²) in [5, 5.41) is 1.07. The van der Waals surface area contributed by atoms with Crippen LogP contribution in [0.15, 0.2) is 47.4 Å². The maximum Gasteiger partial charge on any atom is 0.269 e. The molecule has 0 aliphatic heterocycles. The summed E-state index contributed by atoms with van der Waals surface area (Å²) >= 11 is 12.0. The van der Waals surface area contributed by atoms with E-state index in [0.717, 1.165) is 3.97 Å². The summed E-state index contributed by atoms with van der Waals surface area (Å²) in [5.74, 6) is 0. The van der Waals surface area contributed by atoms with Gasteiger partial charge in [0.15, 0.2) is 5.65 Å². The lowest BCUT2D eigenvalue weighted by atomic mass is 10.3. The predicted octanol–water partition coefficient (Wildman–Crippen LogP) is 3.89. The van der Waals surface area contributed by atoms with E-state index >= 15 is 0 Å². The van der Waals surface area contributed by atoms with E-state index in [1.165, 1.54) is 18.2 Å². The quantitative estimate of drug-likeness (QED) is 0.665. The summed E-state index contributed by atoms with van der Waals surface area (Å²) in [4.78, 5) is 4.30. The highest BCUT2D eigenvalue weighted by Gasteiger charge is 2.23. The van der Waals surface area contributed by atoms with E-state index in [1.807, 2.05) is 0 Å². The smallest absolute Gasteiger partial charge is 0.221 e. The highest BCUT2D eigenvalue weighted by molar-refractivity contribution is 7.90. The Kier molecular flexibility index (Phi) is 3.43. The van der Waals surface area contributed by atoms with E-state index in [1.54, 1.807) is 31.2 Å². The van der Waals surface area contributed by atoms with Crippen LogP contribution < -0.4 is 0 Å². The molecule has 108 valence electrons. The van der Waals surface area contributed by atoms with Crippen LogP contribution in [0.25, 0.3) is 11.0 Å². The summed E-state index contributed by atoms with van der Waals surface area (Å²) in [7, 11) is -3.75. The number of hydrogen-bond donors (Lipinski definition) is 0. The molecule has 3 rings (SSSR count). The Labute approximate surface area is 132 Å². The van der Waals surface area contributed by atoms with Crippen molar-refractivity contribution in [3.8, 4) is 0 Å². The van der Waals surface area contributed by atoms with Crippen LogP contribution in [-0.4, -0.2) is 17.4 Å². The first-order chi connectivity index (χ1) is 9.91. The molecule has 1 aromatic carbocycles. The Hall–Kier alpha value is -1.56. The Balaban J connectivity index is 2.38. The zero-order valence-corrected chi connectivity index (χ0v) is 13.2. The van der Waals surface area contributed by atoms with Gasteiger partial charge in [-0.2, -0.15) is 0 Å². The molecule has 0 radical (unpaired) electrons. The molecule has 0 unspecified atom stereocenters. The number of hydrogen-bond acceptors (Lipinski definition) is 3. The third-order valence-electron chi connectivity index (χ3n) is 3.10. The second-order valence-corrected chi connectivity index (χ2v) is 7.11. The number of pyridine rings is 1. The number of benzene rings is 1. The van der Waals surface area contributed by atoms with Crippen molar-refractivity contribution >= 4 is 44.3 Å². The Morgan fingerprint density at radius 1 is 1.10 bits per heavy atom. The second-order valence-electron chi connectivity index (χ2n) is 4.53. The van der Waals surface area contributed by atoms with E-state index in [4.69, 9.17) is 23.2 Å². The van der Waals surface area contributed by atoms with Crippen LogP contribution in [0.1, 0.15) is 5.69 Å². The molecule has 0 bridgehead atoms. The maximum atomic E-state index is 12.8. The van der Waals surface area contributed by atoms with Crippen molar-refractivity contribution in [1.29, 1.82) is 0 Å². The van der Waals surface area contributed by atoms with Gasteiger partial charge in [-0.25, -0.2) is 17.4 Å². The maximum absolute atomic E-state index is 12.8. The van der Waals surface area contributed by atoms with Crippen LogP contribution in [0, 0.1) is 6.92 Å². The summed E-state index contributed by atoms with van der Waals surface area (Å²) < 4.78 is 26.7. The standard InChI is InChI=1S/C14H10Cl2N2O2S/c1-9-7-11-12(15)8-13(16)17-14(11)18(9)21(19,20)10-5-3-2-4-6-10/h2-8H,1H3. The summed E-state index contributed by atoms with van der Waals surface area (Å²) in [6.45, 7) is 1.69. The second kappa shape index (κ2) is 5.02. The van der Waals surface area contributed by atoms with Crippen LogP contribution in [0.2, 0.25) is 10.2 Å². The average Bonchev–Trinajstić information content (AvgIpc) is 2.77. The minimum absolute atomic E-state index is 0.148. The molecular weight excluding hydrogens is 331 g/mol. The van der Waals surface area contributed by atoms with Gasteiger partial charge in [-0.1, -0.05) is 41.4 Å². The monoisotopic (exact) mass is 340 g/mol. The van der Waals surface area contributed by atoms with Crippen molar-refractivity contribution in [2.75, 3.05) is 0 Å². The molecule has 2 aromatic heterocycles. The van der Waals surface area contributed by atoms with Crippen molar-refractivity contribution < 1.29 is 8.42 Å². The summed E-state index contributed by atoms with van der Waals surface area (Å²) in [6, 6.07) is 11.3. The first-order valence-corrected chi connectivity index (χ1v) is 8.25. The molecule has 0 N–H and O–H groups in total. The lowest BCUT2D eigenvalue weighted by molar-refractivity contribution is 0.587. The third-order valence-corrected chi connectivity index (χ3v) is 5.42. The normalized spacial score (nSPS) is 12.0. The Bertz CT molecular complexity index is 935. The first-order valence-electron chi connectivity index (χ1n) is 6.06. The fourth-order valence-electron chi connectivity index (χ4n) is 2.21. The molecule has 21 heavy (non-hydrogen) atoms. The van der Waals surface area contributed by atoms with Gasteiger partial charge in [0.25, 0.3) is 10.0 Å². The Morgan fingerprint density at radius 3 is 2.43 bits per heavy atom. The molecule has 0 aliphatic carbocycles. The molecule has 0 saturated carbocycles. The van der Waals surface area contributed by atoms with Crippen molar-refractivity contribution in [2.45, 2.75) is 11.8 Å². The molecule has 2 heterocycles. The number of halogens is 2. The van der Waals surface area contributed by atoms with Crippen molar-refractivity contribution in [3.05, 3.63) is 58.3 Å². The number of aromatic nitrogens is 2. The molecule has 0 aliphatic rings. The van der Waals surface area contributed by atoms with Gasteiger partial charge in [0, 0.05) is 11.1 Å². The number of rotatable bonds is 2. The van der Waals surface area contributed by atoms with Crippen LogP contribution in [0.4, 0.5) is 0 Å². The highest BCUT2D eigenvalue weighted by atomic mass is 35.5. The topological polar surface area (TPSA) is 52.0 Å². The van der Waals surface area contributed by atoms with Crippen LogP contribution in [0.5, 0.6) is 0 Å². The summed E-state index contributed by atoms with van der Waals surface area (Å²) in [6.07, 6.45) is 0. The van der Waals surface area contributed by atoms with Crippen molar-refractivity contribution in [1.82, 2.24) is 8.96 Å². The van der Waals surface area contributed by atoms with E-state index < -0.39 is 10.0 Å². The molecular formula is C14H10Cl2N2O2S. The van der Waals surface area contributed by atoms with Gasteiger partial charge in [-0.05, 0) is 31.2 Å². The van der Waals surface area contributed by atoms with Crippen molar-refractivity contribution in [2.24, 2.45) is 0 Å². The first kappa shape index (κ1) is 14.4. The molecule has 0 saturated heterocycles. The number of nitrogens with zero attached hydrogens (tertiary/aromatic N) is 2. The van der Waals surface area contributed by atoms with Gasteiger partial charge >= 0.3 is 0 Å². The molecule has 4 nitrogen and oxygen atoms in total. The fraction of sp³-hybridized carbons (Fsp3) is 0.0714. The van der Waals surface area contributed by atoms with Crippen LogP contribution in [0.3, 0.4) is 0 Å². The lowest BCUT2D eigenvalue weighted by Gasteiger charge is -2.09. The molecule has 0 amide bonds. The minimum Gasteiger partial charge on any atom is -0.221 e. The van der Waals surface area contributed by atoms with Crippen molar-refractivity contribution in [3.63, 3.8) is 0 Å². The van der Waals surface area contributed by atoms with E-state index in [-0.39, 0.29) is 15.7 Å². The van der Waals surface area contributed by atoms with E-state index in [9.17, 15) is 8.42 Å². The van der Waals surface area contributed by atoms with Gasteiger partial charge in [0.1, 0.15) is 5.15 Å². The molecule has 0 spiro atoms. The zero-order chi connectivity index (χ0) is 15.2. The molecule has 0 atom stereocenters. The minimum atomic E-state index is -3.75. The molecule has 3 aromatic rings. The number of aryl methyl sites for hydroxylation is 1. The van der Waals surface area contributed by atoms with E-state index in [2.05, 4.69) is 4.98 Å². The summed E-state index contributed by atoms with van der Waals surface area (Å²) in [5.41, 5.74) is 0.749. The van der Waals surface area contributed by atoms with Gasteiger partial charge in [0.05, 0.1) is 9.92 Å². The predicted molar refractivity (Wildman–Crippen MR) is 83.5 cm³/mol. The Morgan fingerprint density at radius 2 is 1.76 bits per heavy atom. The zero-order valence-electron chi connectivity index (χ0n) is 10.9. The third kappa shape index (κ3) is 2.31.